The number of ether oxygens (including phenoxy) is 6. The van der Waals surface area contributed by atoms with E-state index in [9.17, 15) is 72.2 Å². The minimum Gasteiger partial charge on any atom is -0.462 e. The number of hydrogen-bond donors (Lipinski definition) is 9. The third-order valence-corrected chi connectivity index (χ3v) is 28.5. The number of carbonyl (C=O) groups is 3. The maximum Gasteiger partial charge on any atom is 0.330 e. The Morgan fingerprint density at radius 3 is 0.899 bits per heavy atom. The van der Waals surface area contributed by atoms with Crippen LogP contribution in [0.15, 0.2) is 65.6 Å². The van der Waals surface area contributed by atoms with Crippen molar-refractivity contribution in [2.24, 2.45) is 0 Å². The van der Waals surface area contributed by atoms with E-state index in [-0.39, 0.29) is 38.1 Å². The SMILES string of the molecule is CCCSP(=O)(N[C@@H](C)C(=O)OC(C)C)OC[C@H]1O[C@@H](n2ccc(=O)[nH]c2=O)[C@](C)(Cl)[C@@H]1O.CCCS[P@@](=O)(N[C@H](C)C(=O)OC(C)C)OC[C@H]1O[C@@H](n2ccc(=O)[nH]c2=O)[C@](C)(Cl)[C@@H]1O.CCCS[P@](=O)(N[C@H](C)C(=O)OC(C)C)OC[C@H]1O[C@@H](n2ccc(=O)[nH]c2=O)[C@](C)(Cl)[C@@H]1O. The number of halogens is 3. The summed E-state index contributed by atoms with van der Waals surface area (Å²) >= 11 is 22.6. The number of alkyl halides is 3. The van der Waals surface area contributed by atoms with Crippen LogP contribution in [0.2, 0.25) is 0 Å². The number of aliphatic hydroxyl groups is 3. The lowest BCUT2D eigenvalue weighted by Crippen LogP contribution is -2.43. The fraction of sp³-hybridized carbons (Fsp3) is 0.737. The van der Waals surface area contributed by atoms with Crippen molar-refractivity contribution < 1.29 is 85.4 Å². The number of aromatic nitrogens is 6. The van der Waals surface area contributed by atoms with E-state index in [1.807, 2.05) is 20.8 Å². The van der Waals surface area contributed by atoms with E-state index in [0.29, 0.717) is 36.5 Å². The molecule has 0 bridgehead atoms. The molecule has 0 spiro atoms. The zero-order valence-electron chi connectivity index (χ0n) is 57.4. The molecule has 99 heavy (non-hydrogen) atoms. The Balaban J connectivity index is 0.000000315. The van der Waals surface area contributed by atoms with Crippen LogP contribution < -0.4 is 49.0 Å². The summed E-state index contributed by atoms with van der Waals surface area (Å²) in [6.07, 6.45) is -5.57. The number of nitrogens with one attached hydrogen (secondary N) is 6. The summed E-state index contributed by atoms with van der Waals surface area (Å²) in [4.78, 5) is 109. The van der Waals surface area contributed by atoms with E-state index in [1.54, 1.807) is 41.5 Å². The minimum atomic E-state index is -3.60. The van der Waals surface area contributed by atoms with Crippen LogP contribution in [-0.2, 0) is 70.1 Å². The summed E-state index contributed by atoms with van der Waals surface area (Å²) < 4.78 is 93.1. The lowest BCUT2D eigenvalue weighted by molar-refractivity contribution is -0.149. The molecule has 33 nitrogen and oxygen atoms in total. The molecular weight excluding hydrogens is 1490 g/mol. The molecule has 42 heteroatoms. The first-order chi connectivity index (χ1) is 45.9. The first-order valence-corrected chi connectivity index (χ1v) is 42.3. The van der Waals surface area contributed by atoms with Crippen LogP contribution in [0.4, 0.5) is 0 Å². The zero-order valence-corrected chi connectivity index (χ0v) is 64.8. The number of hydrogen-bond acceptors (Lipinski definition) is 27. The van der Waals surface area contributed by atoms with E-state index in [1.165, 1.54) is 60.1 Å². The number of aromatic amines is 3. The van der Waals surface area contributed by atoms with Crippen LogP contribution in [0.5, 0.6) is 0 Å². The fourth-order valence-electron chi connectivity index (χ4n) is 9.24. The quantitative estimate of drug-likeness (QED) is 0.0147. The van der Waals surface area contributed by atoms with E-state index >= 15 is 0 Å². The molecule has 0 radical (unpaired) electrons. The summed E-state index contributed by atoms with van der Waals surface area (Å²) in [5.74, 6) is -0.246. The van der Waals surface area contributed by atoms with E-state index < -0.39 is 160 Å². The third kappa shape index (κ3) is 25.1. The predicted molar refractivity (Wildman–Crippen MR) is 377 cm³/mol. The molecule has 3 aliphatic heterocycles. The van der Waals surface area contributed by atoms with Gasteiger partial charge in [-0.1, -0.05) is 54.9 Å². The van der Waals surface area contributed by atoms with Gasteiger partial charge in [-0.3, -0.25) is 71.1 Å². The number of rotatable bonds is 33. The largest absolute Gasteiger partial charge is 0.462 e. The molecule has 3 aromatic heterocycles. The number of aliphatic hydroxyl groups excluding tert-OH is 3. The maximum atomic E-state index is 13.4. The number of esters is 3. The monoisotopic (exact) mass is 1580 g/mol. The van der Waals surface area contributed by atoms with Gasteiger partial charge in [0.1, 0.15) is 69.4 Å². The van der Waals surface area contributed by atoms with Crippen molar-refractivity contribution in [2.45, 2.75) is 229 Å². The molecule has 0 aromatic carbocycles. The maximum absolute atomic E-state index is 13.4. The summed E-state index contributed by atoms with van der Waals surface area (Å²) in [6, 6.07) is 0.689. The molecule has 0 saturated carbocycles. The third-order valence-electron chi connectivity index (χ3n) is 14.3. The average Bonchev–Trinajstić information content (AvgIpc) is 1.64. The van der Waals surface area contributed by atoms with Gasteiger partial charge in [0.25, 0.3) is 16.7 Å². The van der Waals surface area contributed by atoms with Gasteiger partial charge in [0.2, 0.25) is 0 Å². The van der Waals surface area contributed by atoms with Gasteiger partial charge in [0.15, 0.2) is 18.7 Å². The minimum absolute atomic E-state index is 0.328. The highest BCUT2D eigenvalue weighted by molar-refractivity contribution is 8.56. The first kappa shape index (κ1) is 88.0. The zero-order chi connectivity index (χ0) is 74.9. The summed E-state index contributed by atoms with van der Waals surface area (Å²) in [6.45, 7) is 13.2. The van der Waals surface area contributed by atoms with Gasteiger partial charge in [-0.2, -0.15) is 0 Å². The van der Waals surface area contributed by atoms with Crippen molar-refractivity contribution in [1.29, 1.82) is 0 Å². The summed E-state index contributed by atoms with van der Waals surface area (Å²) in [5, 5.41) is 40.3. The smallest absolute Gasteiger partial charge is 0.330 e. The Labute approximate surface area is 598 Å². The molecule has 9 N–H and O–H groups in total. The van der Waals surface area contributed by atoms with E-state index in [4.69, 9.17) is 76.8 Å². The second kappa shape index (κ2) is 38.5. The number of H-pyrrole nitrogens is 3. The molecule has 3 fully saturated rings. The Kier molecular flexibility index (Phi) is 34.3. The Bertz CT molecular complexity index is 3320. The van der Waals surface area contributed by atoms with Crippen LogP contribution in [-0.4, -0.2) is 187 Å². The lowest BCUT2D eigenvalue weighted by atomic mass is 10.0. The highest BCUT2D eigenvalue weighted by atomic mass is 35.5. The second-order valence-corrected chi connectivity index (χ2v) is 39.9. The van der Waals surface area contributed by atoms with Gasteiger partial charge >= 0.3 is 55.1 Å². The number of nitrogens with zero attached hydrogens (tertiary/aromatic N) is 3. The predicted octanol–water partition coefficient (Wildman–Crippen LogP) is 5.97. The topological polar surface area (TPSA) is 447 Å². The Morgan fingerprint density at radius 2 is 0.707 bits per heavy atom. The van der Waals surface area contributed by atoms with Crippen LogP contribution in [0.3, 0.4) is 0 Å². The van der Waals surface area contributed by atoms with Gasteiger partial charge in [0, 0.05) is 54.0 Å². The Morgan fingerprint density at radius 1 is 0.485 bits per heavy atom. The first-order valence-electron chi connectivity index (χ1n) is 31.6. The Hall–Kier alpha value is -3.42. The van der Waals surface area contributed by atoms with Crippen molar-refractivity contribution in [1.82, 2.24) is 43.9 Å². The van der Waals surface area contributed by atoms with Crippen molar-refractivity contribution in [3.05, 3.63) is 99.3 Å². The van der Waals surface area contributed by atoms with E-state index in [0.717, 1.165) is 66.0 Å². The van der Waals surface area contributed by atoms with Crippen molar-refractivity contribution in [2.75, 3.05) is 37.1 Å². The van der Waals surface area contributed by atoms with Gasteiger partial charge in [-0.25, -0.2) is 29.6 Å². The highest BCUT2D eigenvalue weighted by Crippen LogP contribution is 2.60. The molecule has 6 heterocycles. The van der Waals surface area contributed by atoms with Crippen LogP contribution in [0.1, 0.15) is 142 Å². The van der Waals surface area contributed by atoms with Crippen molar-refractivity contribution in [3.63, 3.8) is 0 Å². The van der Waals surface area contributed by atoms with Crippen molar-refractivity contribution >= 4 is 107 Å². The van der Waals surface area contributed by atoms with Crippen molar-refractivity contribution in [3.8, 4) is 0 Å². The molecular formula is C57H93Cl3N9O24P3S3. The normalized spacial score (nSPS) is 27.9. The fourth-order valence-corrected chi connectivity index (χ4v) is 22.0. The molecule has 18 atom stereocenters. The highest BCUT2D eigenvalue weighted by Gasteiger charge is 2.57. The molecule has 1 unspecified atom stereocenters. The molecule has 3 aromatic rings. The molecule has 3 saturated heterocycles. The molecule has 0 aliphatic carbocycles. The van der Waals surface area contributed by atoms with Gasteiger partial charge in [0.05, 0.1) is 38.1 Å². The second-order valence-electron chi connectivity index (χ2n) is 24.3. The van der Waals surface area contributed by atoms with Gasteiger partial charge in [-0.15, -0.1) is 34.8 Å². The van der Waals surface area contributed by atoms with E-state index in [2.05, 4.69) is 30.2 Å². The van der Waals surface area contributed by atoms with Crippen LogP contribution >= 0.6 is 89.1 Å². The van der Waals surface area contributed by atoms with Gasteiger partial charge in [-0.05, 0) is 102 Å². The average molecular weight is 1580 g/mol. The molecule has 3 aliphatic rings. The van der Waals surface area contributed by atoms with Crippen LogP contribution in [0, 0.1) is 0 Å². The lowest BCUT2D eigenvalue weighted by Gasteiger charge is -2.26. The van der Waals surface area contributed by atoms with Crippen LogP contribution in [0.25, 0.3) is 0 Å². The summed E-state index contributed by atoms with van der Waals surface area (Å²) in [7, 11) is 0. The molecule has 0 amide bonds. The summed E-state index contributed by atoms with van der Waals surface area (Å²) in [5.41, 5.74) is -4.02. The van der Waals surface area contributed by atoms with Gasteiger partial charge < -0.3 is 57.3 Å². The number of carbonyl (C=O) groups excluding carboxylic acids is 3. The molecule has 564 valence electrons. The standard InChI is InChI=1S/3C19H31ClN3O8PS/c3*1-6-9-33-32(28,22-12(4)16(26)30-11(2)3)29-10-13-15(25)19(5,20)17(31-13)23-8-7-14(24)21-18(23)27/h3*7-8,11-13,15,17,25H,6,9-10H2,1-5H3,(H,22,28)(H,21,24,27)/t12-,13+,15+,17+,19+,32?;12-,13-,15-,17-,19-,32+;12-,13-,15-,17-,19-,32-/m011/s1. The molecule has 6 rings (SSSR count).